The molecule has 2 rings (SSSR count). The van der Waals surface area contributed by atoms with Crippen LogP contribution >= 0.6 is 11.6 Å². The lowest BCUT2D eigenvalue weighted by Crippen LogP contribution is -2.47. The van der Waals surface area contributed by atoms with Gasteiger partial charge in [0.25, 0.3) is 5.91 Å². The summed E-state index contributed by atoms with van der Waals surface area (Å²) in [5, 5.41) is 0.552. The number of likely N-dealkylation sites (tertiary alicyclic amines) is 1. The molecule has 0 unspecified atom stereocenters. The summed E-state index contributed by atoms with van der Waals surface area (Å²) in [6, 6.07) is 7.08. The van der Waals surface area contributed by atoms with Crippen molar-refractivity contribution in [3.63, 3.8) is 0 Å². The highest BCUT2D eigenvalue weighted by molar-refractivity contribution is 6.30. The van der Waals surface area contributed by atoms with Crippen molar-refractivity contribution < 1.29 is 14.3 Å². The predicted octanol–water partition coefficient (Wildman–Crippen LogP) is 3.03. The van der Waals surface area contributed by atoms with Gasteiger partial charge in [-0.3, -0.25) is 4.79 Å². The van der Waals surface area contributed by atoms with Crippen molar-refractivity contribution in [2.45, 2.75) is 25.8 Å². The van der Waals surface area contributed by atoms with Gasteiger partial charge in [-0.05, 0) is 38.0 Å². The number of rotatable bonds is 3. The molecule has 22 heavy (non-hydrogen) atoms. The van der Waals surface area contributed by atoms with Crippen LogP contribution in [0, 0.1) is 0 Å². The molecule has 1 aromatic rings. The van der Waals surface area contributed by atoms with Gasteiger partial charge in [0.2, 0.25) is 0 Å². The summed E-state index contributed by atoms with van der Waals surface area (Å²) in [7, 11) is 1.80. The Kier molecular flexibility index (Phi) is 5.66. The van der Waals surface area contributed by atoms with E-state index in [1.807, 2.05) is 0 Å². The summed E-state index contributed by atoms with van der Waals surface area (Å²) in [6.45, 7) is 3.39. The molecule has 1 aliphatic rings. The third kappa shape index (κ3) is 3.91. The Bertz CT molecular complexity index is 542. The Balaban J connectivity index is 1.93. The van der Waals surface area contributed by atoms with E-state index in [9.17, 15) is 9.59 Å². The second-order valence-corrected chi connectivity index (χ2v) is 5.78. The number of nitrogens with zero attached hydrogens (tertiary/aromatic N) is 2. The zero-order valence-corrected chi connectivity index (χ0v) is 13.7. The maximum atomic E-state index is 12.5. The highest BCUT2D eigenvalue weighted by atomic mass is 35.5. The minimum absolute atomic E-state index is 0.0444. The largest absolute Gasteiger partial charge is 0.450 e. The van der Waals surface area contributed by atoms with Crippen LogP contribution in [0.1, 0.15) is 30.1 Å². The molecule has 6 heteroatoms. The van der Waals surface area contributed by atoms with Gasteiger partial charge in [0.15, 0.2) is 0 Å². The van der Waals surface area contributed by atoms with E-state index < -0.39 is 0 Å². The van der Waals surface area contributed by atoms with Crippen LogP contribution < -0.4 is 0 Å². The molecule has 5 nitrogen and oxygen atoms in total. The van der Waals surface area contributed by atoms with Crippen LogP contribution in [0.15, 0.2) is 24.3 Å². The standard InChI is InChI=1S/C16H21ClN2O3/c1-3-22-16(21)19-9-7-14(8-10-19)18(2)15(20)12-5-4-6-13(17)11-12/h4-6,11,14H,3,7-10H2,1-2H3. The van der Waals surface area contributed by atoms with Gasteiger partial charge in [-0.2, -0.15) is 0 Å². The number of carbonyl (C=O) groups is 2. The molecule has 120 valence electrons. The maximum Gasteiger partial charge on any atom is 0.409 e. The zero-order chi connectivity index (χ0) is 16.1. The summed E-state index contributed by atoms with van der Waals surface area (Å²) in [5.74, 6) is -0.0444. The third-order valence-corrected chi connectivity index (χ3v) is 4.17. The molecular weight excluding hydrogens is 304 g/mol. The van der Waals surface area contributed by atoms with E-state index in [0.717, 1.165) is 12.8 Å². The van der Waals surface area contributed by atoms with E-state index in [-0.39, 0.29) is 18.0 Å². The summed E-state index contributed by atoms with van der Waals surface area (Å²) < 4.78 is 5.00. The molecule has 1 aromatic carbocycles. The Morgan fingerprint density at radius 3 is 2.64 bits per heavy atom. The molecule has 1 saturated heterocycles. The molecule has 0 bridgehead atoms. The molecule has 0 aromatic heterocycles. The number of hydrogen-bond acceptors (Lipinski definition) is 3. The first-order chi connectivity index (χ1) is 10.5. The Hall–Kier alpha value is -1.75. The topological polar surface area (TPSA) is 49.9 Å². The van der Waals surface area contributed by atoms with Gasteiger partial charge in [0.1, 0.15) is 0 Å². The first kappa shape index (κ1) is 16.6. The Morgan fingerprint density at radius 1 is 1.36 bits per heavy atom. The molecule has 2 amide bonds. The SMILES string of the molecule is CCOC(=O)N1CCC(N(C)C(=O)c2cccc(Cl)c2)CC1. The number of carbonyl (C=O) groups excluding carboxylic acids is 2. The van der Waals surface area contributed by atoms with Crippen LogP contribution in [0.2, 0.25) is 5.02 Å². The van der Waals surface area contributed by atoms with E-state index in [1.54, 1.807) is 48.0 Å². The number of amides is 2. The number of halogens is 1. The van der Waals surface area contributed by atoms with Crippen molar-refractivity contribution in [3.8, 4) is 0 Å². The first-order valence-electron chi connectivity index (χ1n) is 7.47. The highest BCUT2D eigenvalue weighted by Crippen LogP contribution is 2.19. The van der Waals surface area contributed by atoms with Gasteiger partial charge >= 0.3 is 6.09 Å². The predicted molar refractivity (Wildman–Crippen MR) is 85.2 cm³/mol. The quantitative estimate of drug-likeness (QED) is 0.858. The molecule has 0 aliphatic carbocycles. The number of ether oxygens (including phenoxy) is 1. The van der Waals surface area contributed by atoms with Gasteiger partial charge in [0, 0.05) is 36.8 Å². The van der Waals surface area contributed by atoms with E-state index in [1.165, 1.54) is 0 Å². The average molecular weight is 325 g/mol. The molecule has 0 atom stereocenters. The minimum Gasteiger partial charge on any atom is -0.450 e. The monoisotopic (exact) mass is 324 g/mol. The molecule has 1 heterocycles. The van der Waals surface area contributed by atoms with Crippen LogP contribution in [0.4, 0.5) is 4.79 Å². The van der Waals surface area contributed by atoms with Crippen LogP contribution in [-0.2, 0) is 4.74 Å². The number of piperidine rings is 1. The summed E-state index contributed by atoms with van der Waals surface area (Å²) in [4.78, 5) is 27.6. The van der Waals surface area contributed by atoms with E-state index in [0.29, 0.717) is 30.3 Å². The smallest absolute Gasteiger partial charge is 0.409 e. The lowest BCUT2D eigenvalue weighted by atomic mass is 10.0. The minimum atomic E-state index is -0.273. The molecule has 1 fully saturated rings. The number of hydrogen-bond donors (Lipinski definition) is 0. The third-order valence-electron chi connectivity index (χ3n) is 3.93. The fourth-order valence-corrected chi connectivity index (χ4v) is 2.83. The van der Waals surface area contributed by atoms with Crippen molar-refractivity contribution in [1.29, 1.82) is 0 Å². The normalized spacial score (nSPS) is 15.5. The van der Waals surface area contributed by atoms with E-state index in [2.05, 4.69) is 0 Å². The van der Waals surface area contributed by atoms with Crippen molar-refractivity contribution in [2.24, 2.45) is 0 Å². The van der Waals surface area contributed by atoms with Crippen LogP contribution in [-0.4, -0.2) is 54.6 Å². The Morgan fingerprint density at radius 2 is 2.05 bits per heavy atom. The van der Waals surface area contributed by atoms with Gasteiger partial charge in [-0.25, -0.2) is 4.79 Å². The van der Waals surface area contributed by atoms with E-state index >= 15 is 0 Å². The van der Waals surface area contributed by atoms with E-state index in [4.69, 9.17) is 16.3 Å². The fourth-order valence-electron chi connectivity index (χ4n) is 2.64. The number of benzene rings is 1. The Labute approximate surface area is 135 Å². The molecule has 0 spiro atoms. The molecular formula is C16H21ClN2O3. The van der Waals surface area contributed by atoms with Gasteiger partial charge in [-0.1, -0.05) is 17.7 Å². The summed E-state index contributed by atoms with van der Waals surface area (Å²) in [5.41, 5.74) is 0.586. The van der Waals surface area contributed by atoms with Crippen LogP contribution in [0.25, 0.3) is 0 Å². The van der Waals surface area contributed by atoms with Crippen molar-refractivity contribution in [3.05, 3.63) is 34.9 Å². The molecule has 0 N–H and O–H groups in total. The zero-order valence-electron chi connectivity index (χ0n) is 12.9. The van der Waals surface area contributed by atoms with Crippen molar-refractivity contribution in [2.75, 3.05) is 26.7 Å². The van der Waals surface area contributed by atoms with Crippen molar-refractivity contribution in [1.82, 2.24) is 9.80 Å². The first-order valence-corrected chi connectivity index (χ1v) is 7.85. The van der Waals surface area contributed by atoms with Crippen LogP contribution in [0.5, 0.6) is 0 Å². The lowest BCUT2D eigenvalue weighted by molar-refractivity contribution is 0.0602. The highest BCUT2D eigenvalue weighted by Gasteiger charge is 2.28. The molecule has 0 saturated carbocycles. The summed E-state index contributed by atoms with van der Waals surface area (Å²) in [6.07, 6.45) is 1.23. The lowest BCUT2D eigenvalue weighted by Gasteiger charge is -2.36. The van der Waals surface area contributed by atoms with Gasteiger partial charge < -0.3 is 14.5 Å². The molecule has 1 aliphatic heterocycles. The molecule has 0 radical (unpaired) electrons. The summed E-state index contributed by atoms with van der Waals surface area (Å²) >= 11 is 5.93. The average Bonchev–Trinajstić information content (AvgIpc) is 2.54. The van der Waals surface area contributed by atoms with Gasteiger partial charge in [0.05, 0.1) is 6.61 Å². The van der Waals surface area contributed by atoms with Gasteiger partial charge in [-0.15, -0.1) is 0 Å². The second-order valence-electron chi connectivity index (χ2n) is 5.34. The second kappa shape index (κ2) is 7.49. The van der Waals surface area contributed by atoms with Crippen LogP contribution in [0.3, 0.4) is 0 Å². The van der Waals surface area contributed by atoms with Crippen molar-refractivity contribution >= 4 is 23.6 Å². The maximum absolute atomic E-state index is 12.5. The fraction of sp³-hybridized carbons (Fsp3) is 0.500.